The largest absolute Gasteiger partial charge is 0.417 e. The molecule has 1 atom stereocenters. The van der Waals surface area contributed by atoms with Crippen molar-refractivity contribution in [1.82, 2.24) is 9.88 Å². The standard InChI is InChI=1S/C12H12BrF3N2O/c13-5-8-3-4-18(7-8)11(19)10-2-1-9(6-17-10)12(14,15)16/h1-2,6,8H,3-5,7H2. The molecule has 1 saturated heterocycles. The Labute approximate surface area is 116 Å². The van der Waals surface area contributed by atoms with E-state index in [1.165, 1.54) is 0 Å². The second kappa shape index (κ2) is 5.48. The highest BCUT2D eigenvalue weighted by Gasteiger charge is 2.32. The number of carbonyl (C=O) groups excluding carboxylic acids is 1. The molecule has 0 radical (unpaired) electrons. The van der Waals surface area contributed by atoms with Crippen LogP contribution < -0.4 is 0 Å². The van der Waals surface area contributed by atoms with Crippen molar-refractivity contribution in [2.24, 2.45) is 5.92 Å². The molecule has 1 aromatic rings. The molecule has 1 aromatic heterocycles. The van der Waals surface area contributed by atoms with Gasteiger partial charge in [0.1, 0.15) is 5.69 Å². The number of hydrogen-bond acceptors (Lipinski definition) is 2. The minimum absolute atomic E-state index is 0.0585. The van der Waals surface area contributed by atoms with Gasteiger partial charge in [0, 0.05) is 24.6 Å². The summed E-state index contributed by atoms with van der Waals surface area (Å²) in [6.45, 7) is 1.24. The van der Waals surface area contributed by atoms with E-state index in [4.69, 9.17) is 0 Å². The van der Waals surface area contributed by atoms with Crippen LogP contribution >= 0.6 is 15.9 Å². The van der Waals surface area contributed by atoms with Crippen molar-refractivity contribution < 1.29 is 18.0 Å². The quantitative estimate of drug-likeness (QED) is 0.778. The molecule has 1 aliphatic heterocycles. The van der Waals surface area contributed by atoms with Crippen molar-refractivity contribution in [2.45, 2.75) is 12.6 Å². The highest BCUT2D eigenvalue weighted by atomic mass is 79.9. The number of rotatable bonds is 2. The van der Waals surface area contributed by atoms with Gasteiger partial charge >= 0.3 is 6.18 Å². The molecule has 1 aliphatic rings. The number of carbonyl (C=O) groups is 1. The maximum absolute atomic E-state index is 12.4. The van der Waals surface area contributed by atoms with Gasteiger partial charge in [0.15, 0.2) is 0 Å². The Kier molecular flexibility index (Phi) is 4.13. The van der Waals surface area contributed by atoms with Gasteiger partial charge in [0.2, 0.25) is 0 Å². The highest BCUT2D eigenvalue weighted by molar-refractivity contribution is 9.09. The molecular formula is C12H12BrF3N2O. The van der Waals surface area contributed by atoms with E-state index in [1.54, 1.807) is 4.90 Å². The van der Waals surface area contributed by atoms with E-state index in [0.29, 0.717) is 25.2 Å². The van der Waals surface area contributed by atoms with Crippen LogP contribution in [0.4, 0.5) is 13.2 Å². The first-order valence-electron chi connectivity index (χ1n) is 5.80. The summed E-state index contributed by atoms with van der Waals surface area (Å²) in [7, 11) is 0. The first kappa shape index (κ1) is 14.3. The number of pyridine rings is 1. The topological polar surface area (TPSA) is 33.2 Å². The van der Waals surface area contributed by atoms with E-state index in [2.05, 4.69) is 20.9 Å². The Hall–Kier alpha value is -1.11. The summed E-state index contributed by atoms with van der Waals surface area (Å²) in [5.74, 6) is 0.0931. The van der Waals surface area contributed by atoms with Crippen molar-refractivity contribution in [3.05, 3.63) is 29.6 Å². The van der Waals surface area contributed by atoms with E-state index >= 15 is 0 Å². The fraction of sp³-hybridized carbons (Fsp3) is 0.500. The van der Waals surface area contributed by atoms with Gasteiger partial charge < -0.3 is 4.90 Å². The third kappa shape index (κ3) is 3.26. The van der Waals surface area contributed by atoms with Crippen LogP contribution in [0.5, 0.6) is 0 Å². The SMILES string of the molecule is O=C(c1ccc(C(F)(F)F)cn1)N1CCC(CBr)C1. The molecule has 1 fully saturated rings. The molecule has 104 valence electrons. The molecule has 0 aliphatic carbocycles. The number of aromatic nitrogens is 1. The lowest BCUT2D eigenvalue weighted by Gasteiger charge is -2.15. The second-order valence-corrected chi connectivity index (χ2v) is 5.14. The zero-order valence-corrected chi connectivity index (χ0v) is 11.5. The van der Waals surface area contributed by atoms with Crippen LogP contribution in [0.25, 0.3) is 0 Å². The Morgan fingerprint density at radius 2 is 2.21 bits per heavy atom. The molecule has 0 bridgehead atoms. The molecule has 7 heteroatoms. The van der Waals surface area contributed by atoms with Crippen LogP contribution in [0.3, 0.4) is 0 Å². The molecule has 2 rings (SSSR count). The second-order valence-electron chi connectivity index (χ2n) is 4.49. The fourth-order valence-corrected chi connectivity index (χ4v) is 2.52. The van der Waals surface area contributed by atoms with E-state index < -0.39 is 11.7 Å². The lowest BCUT2D eigenvalue weighted by Crippen LogP contribution is -2.29. The average Bonchev–Trinajstić information content (AvgIpc) is 2.86. The zero-order valence-electron chi connectivity index (χ0n) is 9.95. The van der Waals surface area contributed by atoms with Gasteiger partial charge in [-0.05, 0) is 24.5 Å². The van der Waals surface area contributed by atoms with E-state index in [-0.39, 0.29) is 11.6 Å². The summed E-state index contributed by atoms with van der Waals surface area (Å²) >= 11 is 3.36. The third-order valence-corrected chi connectivity index (χ3v) is 4.02. The van der Waals surface area contributed by atoms with E-state index in [1.807, 2.05) is 0 Å². The van der Waals surface area contributed by atoms with Gasteiger partial charge in [-0.15, -0.1) is 0 Å². The zero-order chi connectivity index (χ0) is 14.0. The molecule has 0 N–H and O–H groups in total. The number of amides is 1. The van der Waals surface area contributed by atoms with Crippen LogP contribution in [0, 0.1) is 5.92 Å². The molecule has 1 unspecified atom stereocenters. The minimum Gasteiger partial charge on any atom is -0.337 e. The summed E-state index contributed by atoms with van der Waals surface area (Å²) in [4.78, 5) is 17.3. The molecule has 0 saturated carbocycles. The van der Waals surface area contributed by atoms with E-state index in [9.17, 15) is 18.0 Å². The van der Waals surface area contributed by atoms with Crippen LogP contribution in [0.15, 0.2) is 18.3 Å². The lowest BCUT2D eigenvalue weighted by atomic mass is 10.2. The van der Waals surface area contributed by atoms with Gasteiger partial charge in [-0.25, -0.2) is 0 Å². The summed E-state index contributed by atoms with van der Waals surface area (Å²) < 4.78 is 37.1. The van der Waals surface area contributed by atoms with E-state index in [0.717, 1.165) is 23.9 Å². The summed E-state index contributed by atoms with van der Waals surface area (Å²) in [5, 5.41) is 0.817. The van der Waals surface area contributed by atoms with Gasteiger partial charge in [0.25, 0.3) is 5.91 Å². The maximum Gasteiger partial charge on any atom is 0.417 e. The first-order chi connectivity index (χ1) is 8.91. The molecule has 1 amide bonds. The fourth-order valence-electron chi connectivity index (χ4n) is 1.99. The Morgan fingerprint density at radius 3 is 2.68 bits per heavy atom. The van der Waals surface area contributed by atoms with Crippen LogP contribution in [-0.2, 0) is 6.18 Å². The highest BCUT2D eigenvalue weighted by Crippen LogP contribution is 2.28. The summed E-state index contributed by atoms with van der Waals surface area (Å²) in [6.07, 6.45) is -2.83. The predicted octanol–water partition coefficient (Wildman–Crippen LogP) is 2.96. The van der Waals surface area contributed by atoms with Gasteiger partial charge in [-0.3, -0.25) is 9.78 Å². The number of hydrogen-bond donors (Lipinski definition) is 0. The Balaban J connectivity index is 2.08. The van der Waals surface area contributed by atoms with Gasteiger partial charge in [-0.1, -0.05) is 15.9 Å². The monoisotopic (exact) mass is 336 g/mol. The Bertz CT molecular complexity index is 461. The normalized spacial score (nSPS) is 19.8. The molecule has 0 spiro atoms. The van der Waals surface area contributed by atoms with Crippen molar-refractivity contribution in [3.63, 3.8) is 0 Å². The van der Waals surface area contributed by atoms with Crippen molar-refractivity contribution >= 4 is 21.8 Å². The van der Waals surface area contributed by atoms with Gasteiger partial charge in [-0.2, -0.15) is 13.2 Å². The van der Waals surface area contributed by atoms with Gasteiger partial charge in [0.05, 0.1) is 5.56 Å². The summed E-state index contributed by atoms with van der Waals surface area (Å²) in [5.41, 5.74) is -0.785. The van der Waals surface area contributed by atoms with Crippen LogP contribution in [0.2, 0.25) is 0 Å². The van der Waals surface area contributed by atoms with Crippen molar-refractivity contribution in [2.75, 3.05) is 18.4 Å². The Morgan fingerprint density at radius 1 is 1.47 bits per heavy atom. The molecule has 19 heavy (non-hydrogen) atoms. The number of halogens is 4. The number of likely N-dealkylation sites (tertiary alicyclic amines) is 1. The van der Waals surface area contributed by atoms with Crippen molar-refractivity contribution in [1.29, 1.82) is 0 Å². The molecule has 0 aromatic carbocycles. The average molecular weight is 337 g/mol. The smallest absolute Gasteiger partial charge is 0.337 e. The first-order valence-corrected chi connectivity index (χ1v) is 6.92. The minimum atomic E-state index is -4.43. The molecule has 3 nitrogen and oxygen atoms in total. The lowest BCUT2D eigenvalue weighted by molar-refractivity contribution is -0.137. The molecular weight excluding hydrogens is 325 g/mol. The predicted molar refractivity (Wildman–Crippen MR) is 67.0 cm³/mol. The summed E-state index contributed by atoms with van der Waals surface area (Å²) in [6, 6.07) is 2.02. The number of nitrogens with zero attached hydrogens (tertiary/aromatic N) is 2. The number of alkyl halides is 4. The van der Waals surface area contributed by atoms with Crippen LogP contribution in [0.1, 0.15) is 22.5 Å². The third-order valence-electron chi connectivity index (χ3n) is 3.10. The van der Waals surface area contributed by atoms with Crippen molar-refractivity contribution in [3.8, 4) is 0 Å². The maximum atomic E-state index is 12.4. The molecule has 2 heterocycles. The van der Waals surface area contributed by atoms with Crippen LogP contribution in [-0.4, -0.2) is 34.2 Å².